The second-order valence-corrected chi connectivity index (χ2v) is 8.45. The fourth-order valence-electron chi connectivity index (χ4n) is 4.53. The molecule has 0 radical (unpaired) electrons. The van der Waals surface area contributed by atoms with Crippen LogP contribution in [0.2, 0.25) is 0 Å². The van der Waals surface area contributed by atoms with Crippen LogP contribution in [0.15, 0.2) is 48.5 Å². The van der Waals surface area contributed by atoms with Crippen molar-refractivity contribution < 1.29 is 9.84 Å². The molecule has 1 aliphatic carbocycles. The van der Waals surface area contributed by atoms with Gasteiger partial charge in [0.15, 0.2) is 0 Å². The van der Waals surface area contributed by atoms with Gasteiger partial charge in [0.05, 0.1) is 12.7 Å². The van der Waals surface area contributed by atoms with Gasteiger partial charge in [-0.15, -0.1) is 0 Å². The lowest BCUT2D eigenvalue weighted by atomic mass is 9.66. The van der Waals surface area contributed by atoms with E-state index in [9.17, 15) is 5.11 Å². The maximum Gasteiger partial charge on any atom is 0.119 e. The van der Waals surface area contributed by atoms with Crippen molar-refractivity contribution in [3.63, 3.8) is 0 Å². The summed E-state index contributed by atoms with van der Waals surface area (Å²) >= 11 is 0. The molecule has 1 fully saturated rings. The Bertz CT molecular complexity index is 740. The van der Waals surface area contributed by atoms with Crippen molar-refractivity contribution in [3.8, 4) is 5.75 Å². The Morgan fingerprint density at radius 1 is 1.15 bits per heavy atom. The van der Waals surface area contributed by atoms with Crippen LogP contribution in [0.3, 0.4) is 0 Å². The smallest absolute Gasteiger partial charge is 0.119 e. The fourth-order valence-corrected chi connectivity index (χ4v) is 4.53. The van der Waals surface area contributed by atoms with Gasteiger partial charge >= 0.3 is 0 Å². The summed E-state index contributed by atoms with van der Waals surface area (Å²) in [6.45, 7) is 3.02. The van der Waals surface area contributed by atoms with E-state index in [0.717, 1.165) is 43.5 Å². The molecule has 3 rings (SSSR count). The zero-order valence-corrected chi connectivity index (χ0v) is 17.1. The number of aliphatic hydroxyl groups is 1. The van der Waals surface area contributed by atoms with Crippen LogP contribution in [0.5, 0.6) is 5.75 Å². The van der Waals surface area contributed by atoms with Crippen molar-refractivity contribution in [2.75, 3.05) is 27.7 Å². The topological polar surface area (TPSA) is 32.7 Å². The Hall–Kier alpha value is -1.84. The number of nitrogens with zero attached hydrogens (tertiary/aromatic N) is 1. The summed E-state index contributed by atoms with van der Waals surface area (Å²) in [6, 6.07) is 16.9. The van der Waals surface area contributed by atoms with Crippen molar-refractivity contribution >= 4 is 0 Å². The highest BCUT2D eigenvalue weighted by Gasteiger charge is 2.43. The van der Waals surface area contributed by atoms with Crippen LogP contribution in [0.25, 0.3) is 0 Å². The first-order valence-corrected chi connectivity index (χ1v) is 9.98. The van der Waals surface area contributed by atoms with E-state index >= 15 is 0 Å². The summed E-state index contributed by atoms with van der Waals surface area (Å²) in [5.41, 5.74) is 2.91. The van der Waals surface area contributed by atoms with Crippen LogP contribution in [0.4, 0.5) is 0 Å². The van der Waals surface area contributed by atoms with E-state index in [1.807, 2.05) is 24.3 Å². The predicted molar refractivity (Wildman–Crippen MR) is 111 cm³/mol. The number of aryl methyl sites for hydroxylation is 1. The van der Waals surface area contributed by atoms with Crippen LogP contribution >= 0.6 is 0 Å². The number of hydrogen-bond donors (Lipinski definition) is 1. The molecule has 146 valence electrons. The molecule has 3 heteroatoms. The molecule has 0 saturated heterocycles. The van der Waals surface area contributed by atoms with Gasteiger partial charge in [0, 0.05) is 12.5 Å². The summed E-state index contributed by atoms with van der Waals surface area (Å²) in [7, 11) is 5.87. The third-order valence-corrected chi connectivity index (χ3v) is 6.03. The third-order valence-electron chi connectivity index (χ3n) is 6.03. The van der Waals surface area contributed by atoms with Crippen molar-refractivity contribution in [1.29, 1.82) is 0 Å². The SMILES string of the molecule is COc1cccc(C2(O)CCC(Cc3ccc(C)cc3)CC2CN(C)C)c1. The van der Waals surface area contributed by atoms with Crippen molar-refractivity contribution in [3.05, 3.63) is 65.2 Å². The van der Waals surface area contributed by atoms with E-state index in [4.69, 9.17) is 4.74 Å². The molecule has 0 aromatic heterocycles. The van der Waals surface area contributed by atoms with Gasteiger partial charge < -0.3 is 14.7 Å². The lowest BCUT2D eigenvalue weighted by Crippen LogP contribution is -2.45. The molecule has 1 saturated carbocycles. The molecular formula is C24H33NO2. The van der Waals surface area contributed by atoms with E-state index in [1.165, 1.54) is 11.1 Å². The van der Waals surface area contributed by atoms with E-state index in [2.05, 4.69) is 50.2 Å². The molecule has 0 aliphatic heterocycles. The fraction of sp³-hybridized carbons (Fsp3) is 0.500. The maximum absolute atomic E-state index is 11.7. The first kappa shape index (κ1) is 19.9. The molecule has 0 spiro atoms. The number of methoxy groups -OCH3 is 1. The van der Waals surface area contributed by atoms with Crippen molar-refractivity contribution in [2.45, 2.75) is 38.2 Å². The molecule has 2 aromatic carbocycles. The molecule has 0 amide bonds. The number of ether oxygens (including phenoxy) is 1. The zero-order chi connectivity index (χ0) is 19.4. The molecule has 2 aromatic rings. The van der Waals surface area contributed by atoms with Crippen LogP contribution in [-0.2, 0) is 12.0 Å². The third kappa shape index (κ3) is 4.72. The van der Waals surface area contributed by atoms with Gasteiger partial charge in [-0.1, -0.05) is 42.0 Å². The van der Waals surface area contributed by atoms with E-state index < -0.39 is 5.60 Å². The van der Waals surface area contributed by atoms with E-state index in [0.29, 0.717) is 5.92 Å². The minimum atomic E-state index is -0.789. The van der Waals surface area contributed by atoms with Gasteiger partial charge in [-0.2, -0.15) is 0 Å². The monoisotopic (exact) mass is 367 g/mol. The number of benzene rings is 2. The Labute approximate surface area is 164 Å². The molecule has 0 heterocycles. The Morgan fingerprint density at radius 2 is 1.89 bits per heavy atom. The molecule has 27 heavy (non-hydrogen) atoms. The quantitative estimate of drug-likeness (QED) is 0.821. The highest BCUT2D eigenvalue weighted by Crippen LogP contribution is 2.45. The second kappa shape index (κ2) is 8.45. The largest absolute Gasteiger partial charge is 0.497 e. The number of hydrogen-bond acceptors (Lipinski definition) is 3. The van der Waals surface area contributed by atoms with Gasteiger partial charge in [0.2, 0.25) is 0 Å². The number of rotatable bonds is 6. The first-order chi connectivity index (χ1) is 12.9. The summed E-state index contributed by atoms with van der Waals surface area (Å²) in [4.78, 5) is 2.20. The standard InChI is InChI=1S/C24H33NO2/c1-18-8-10-19(11-9-18)14-20-12-13-24(26,22(15-20)17-25(2)3)21-6-5-7-23(16-21)27-4/h5-11,16,20,22,26H,12-15,17H2,1-4H3. The summed E-state index contributed by atoms with van der Waals surface area (Å²) in [5, 5.41) is 11.7. The second-order valence-electron chi connectivity index (χ2n) is 8.45. The molecule has 3 atom stereocenters. The zero-order valence-electron chi connectivity index (χ0n) is 17.1. The minimum Gasteiger partial charge on any atom is -0.497 e. The molecule has 3 nitrogen and oxygen atoms in total. The Balaban J connectivity index is 1.80. The predicted octanol–water partition coefficient (Wildman–Crippen LogP) is 4.41. The first-order valence-electron chi connectivity index (χ1n) is 9.98. The lowest BCUT2D eigenvalue weighted by Gasteiger charge is -2.44. The van der Waals surface area contributed by atoms with Crippen LogP contribution in [-0.4, -0.2) is 37.8 Å². The van der Waals surface area contributed by atoms with Crippen LogP contribution in [0, 0.1) is 18.8 Å². The molecule has 3 unspecified atom stereocenters. The average Bonchev–Trinajstić information content (AvgIpc) is 2.66. The van der Waals surface area contributed by atoms with Gasteiger partial charge in [-0.3, -0.25) is 0 Å². The minimum absolute atomic E-state index is 0.212. The Morgan fingerprint density at radius 3 is 2.56 bits per heavy atom. The van der Waals surface area contributed by atoms with E-state index in [-0.39, 0.29) is 5.92 Å². The lowest BCUT2D eigenvalue weighted by molar-refractivity contribution is -0.0753. The highest BCUT2D eigenvalue weighted by atomic mass is 16.5. The molecule has 1 N–H and O–H groups in total. The molecule has 1 aliphatic rings. The van der Waals surface area contributed by atoms with Crippen LogP contribution < -0.4 is 4.74 Å². The van der Waals surface area contributed by atoms with Crippen LogP contribution in [0.1, 0.15) is 36.0 Å². The van der Waals surface area contributed by atoms with Gasteiger partial charge in [-0.05, 0) is 75.9 Å². The Kier molecular flexibility index (Phi) is 6.23. The normalized spacial score (nSPS) is 25.6. The molecule has 0 bridgehead atoms. The van der Waals surface area contributed by atoms with Crippen molar-refractivity contribution in [1.82, 2.24) is 4.90 Å². The van der Waals surface area contributed by atoms with Crippen molar-refractivity contribution in [2.24, 2.45) is 11.8 Å². The highest BCUT2D eigenvalue weighted by molar-refractivity contribution is 5.33. The summed E-state index contributed by atoms with van der Waals surface area (Å²) in [6.07, 6.45) is 3.99. The van der Waals surface area contributed by atoms with Gasteiger partial charge in [0.25, 0.3) is 0 Å². The van der Waals surface area contributed by atoms with E-state index in [1.54, 1.807) is 7.11 Å². The molecular weight excluding hydrogens is 334 g/mol. The van der Waals surface area contributed by atoms with Gasteiger partial charge in [-0.25, -0.2) is 0 Å². The summed E-state index contributed by atoms with van der Waals surface area (Å²) < 4.78 is 5.40. The summed E-state index contributed by atoms with van der Waals surface area (Å²) in [5.74, 6) is 1.64. The van der Waals surface area contributed by atoms with Gasteiger partial charge in [0.1, 0.15) is 5.75 Å². The maximum atomic E-state index is 11.7. The average molecular weight is 368 g/mol.